The minimum atomic E-state index is -0.390. The van der Waals surface area contributed by atoms with Gasteiger partial charge in [0, 0.05) is 32.3 Å². The van der Waals surface area contributed by atoms with E-state index in [-0.39, 0.29) is 52.6 Å². The molecule has 0 radical (unpaired) electrons. The SMILES string of the molecule is CC.CC.CCN(CCCN1C(=O)c2cccc(N=N/C(C(=O)NC3CCCCC3)=C(/NC3CCCCC3)OC)c2C1=O)CCOC. The number of benzene rings is 1. The molecule has 264 valence electrons. The summed E-state index contributed by atoms with van der Waals surface area (Å²) < 4.78 is 10.8. The molecule has 11 nitrogen and oxygen atoms in total. The predicted molar refractivity (Wildman–Crippen MR) is 187 cm³/mol. The van der Waals surface area contributed by atoms with Gasteiger partial charge in [0.2, 0.25) is 11.6 Å². The highest BCUT2D eigenvalue weighted by Crippen LogP contribution is 2.32. The van der Waals surface area contributed by atoms with Crippen LogP contribution in [0.2, 0.25) is 0 Å². The lowest BCUT2D eigenvalue weighted by Crippen LogP contribution is -2.39. The molecular formula is C36H60N6O5. The summed E-state index contributed by atoms with van der Waals surface area (Å²) in [6.07, 6.45) is 11.2. The standard InChI is InChI=1S/C32H48N6O5.2C2H6/c1-4-37(21-22-42-2)19-12-20-38-31(40)25-17-11-18-26(27(25)32(38)41)35-36-28(29(39)33-23-13-7-5-8-14-23)30(43-3)34-24-15-9-6-10-16-24;2*1-2/h11,17-18,23-24,34H,4-10,12-16,19-22H2,1-3H3,(H,33,39);2*1-2H3/b30-28-,36-35?;;. The van der Waals surface area contributed by atoms with Gasteiger partial charge in [0.25, 0.3) is 17.7 Å². The third-order valence-electron chi connectivity index (χ3n) is 8.66. The Kier molecular flexibility index (Phi) is 18.9. The number of likely N-dealkylation sites (N-methyl/N-ethyl adjacent to an activating group) is 1. The van der Waals surface area contributed by atoms with Crippen molar-refractivity contribution < 1.29 is 23.9 Å². The smallest absolute Gasteiger partial charge is 0.277 e. The fraction of sp³-hybridized carbons (Fsp3) is 0.694. The van der Waals surface area contributed by atoms with Crippen LogP contribution in [0.4, 0.5) is 5.69 Å². The van der Waals surface area contributed by atoms with Crippen LogP contribution in [0.1, 0.15) is 126 Å². The van der Waals surface area contributed by atoms with Crippen LogP contribution in [0, 0.1) is 0 Å². The van der Waals surface area contributed by atoms with Crippen molar-refractivity contribution in [1.82, 2.24) is 20.4 Å². The van der Waals surface area contributed by atoms with Gasteiger partial charge in [-0.25, -0.2) is 0 Å². The van der Waals surface area contributed by atoms with Gasteiger partial charge < -0.3 is 25.0 Å². The molecule has 0 spiro atoms. The molecule has 2 fully saturated rings. The summed E-state index contributed by atoms with van der Waals surface area (Å²) >= 11 is 0. The first kappa shape index (κ1) is 39.9. The highest BCUT2D eigenvalue weighted by atomic mass is 16.5. The summed E-state index contributed by atoms with van der Waals surface area (Å²) in [5, 5.41) is 15.3. The minimum Gasteiger partial charge on any atom is -0.481 e. The largest absolute Gasteiger partial charge is 0.481 e. The van der Waals surface area contributed by atoms with Crippen LogP contribution in [-0.2, 0) is 14.3 Å². The van der Waals surface area contributed by atoms with Crippen LogP contribution in [0.5, 0.6) is 0 Å². The molecule has 3 amide bonds. The molecule has 1 aliphatic heterocycles. The number of rotatable bonds is 15. The first-order valence-corrected chi connectivity index (χ1v) is 17.9. The fourth-order valence-electron chi connectivity index (χ4n) is 6.16. The molecule has 0 bridgehead atoms. The zero-order valence-corrected chi connectivity index (χ0v) is 30.0. The first-order chi connectivity index (χ1) is 23.0. The van der Waals surface area contributed by atoms with E-state index in [1.165, 1.54) is 24.9 Å². The number of nitrogens with zero attached hydrogens (tertiary/aromatic N) is 4. The number of imide groups is 1. The molecule has 1 aromatic carbocycles. The molecule has 4 rings (SSSR count). The number of ether oxygens (including phenoxy) is 2. The molecule has 0 unspecified atom stereocenters. The topological polar surface area (TPSA) is 125 Å². The zero-order chi connectivity index (χ0) is 34.6. The van der Waals surface area contributed by atoms with Crippen LogP contribution >= 0.6 is 0 Å². The summed E-state index contributed by atoms with van der Waals surface area (Å²) in [4.78, 5) is 43.8. The van der Waals surface area contributed by atoms with Crippen LogP contribution < -0.4 is 10.6 Å². The van der Waals surface area contributed by atoms with Gasteiger partial charge >= 0.3 is 0 Å². The maximum atomic E-state index is 13.6. The second-order valence-electron chi connectivity index (χ2n) is 11.6. The number of methoxy groups -OCH3 is 2. The third-order valence-corrected chi connectivity index (χ3v) is 8.66. The van der Waals surface area contributed by atoms with E-state index >= 15 is 0 Å². The van der Waals surface area contributed by atoms with Crippen molar-refractivity contribution in [3.05, 3.63) is 40.9 Å². The van der Waals surface area contributed by atoms with Crippen molar-refractivity contribution >= 4 is 23.4 Å². The molecule has 0 saturated heterocycles. The molecule has 2 aliphatic carbocycles. The molecular weight excluding hydrogens is 596 g/mol. The van der Waals surface area contributed by atoms with E-state index in [2.05, 4.69) is 32.7 Å². The molecule has 47 heavy (non-hydrogen) atoms. The molecule has 0 aromatic heterocycles. The number of carbonyl (C=O) groups is 3. The Balaban J connectivity index is 0.00000185. The van der Waals surface area contributed by atoms with Crippen molar-refractivity contribution in [2.45, 2.75) is 117 Å². The van der Waals surface area contributed by atoms with Crippen molar-refractivity contribution in [2.24, 2.45) is 10.2 Å². The quantitative estimate of drug-likeness (QED) is 0.0905. The normalized spacial score (nSPS) is 17.4. The van der Waals surface area contributed by atoms with Gasteiger partial charge in [0.15, 0.2) is 0 Å². The average Bonchev–Trinajstić information content (AvgIpc) is 3.37. The lowest BCUT2D eigenvalue weighted by atomic mass is 9.95. The molecule has 2 saturated carbocycles. The van der Waals surface area contributed by atoms with Crippen LogP contribution in [0.25, 0.3) is 0 Å². The van der Waals surface area contributed by atoms with E-state index in [9.17, 15) is 14.4 Å². The Morgan fingerprint density at radius 2 is 1.51 bits per heavy atom. The lowest BCUT2D eigenvalue weighted by Gasteiger charge is -2.26. The number of hydrogen-bond donors (Lipinski definition) is 2. The second kappa shape index (κ2) is 22.3. The minimum absolute atomic E-state index is 0.0422. The first-order valence-electron chi connectivity index (χ1n) is 17.9. The average molecular weight is 657 g/mol. The fourth-order valence-corrected chi connectivity index (χ4v) is 6.16. The second-order valence-corrected chi connectivity index (χ2v) is 11.6. The summed E-state index contributed by atoms with van der Waals surface area (Å²) in [7, 11) is 3.19. The maximum Gasteiger partial charge on any atom is 0.277 e. The van der Waals surface area contributed by atoms with Gasteiger partial charge in [-0.15, -0.1) is 10.2 Å². The Morgan fingerprint density at radius 3 is 2.09 bits per heavy atom. The Bertz CT molecular complexity index is 1170. The van der Waals surface area contributed by atoms with E-state index < -0.39 is 0 Å². The molecule has 3 aliphatic rings. The number of fused-ring (bicyclic) bond motifs is 1. The van der Waals surface area contributed by atoms with Gasteiger partial charge in [-0.3, -0.25) is 19.3 Å². The molecule has 11 heteroatoms. The maximum absolute atomic E-state index is 13.6. The highest BCUT2D eigenvalue weighted by molar-refractivity contribution is 6.23. The van der Waals surface area contributed by atoms with E-state index in [0.717, 1.165) is 71.0 Å². The molecule has 2 N–H and O–H groups in total. The molecule has 1 aromatic rings. The Morgan fingerprint density at radius 1 is 0.894 bits per heavy atom. The number of carbonyl (C=O) groups excluding carboxylic acids is 3. The van der Waals surface area contributed by atoms with Crippen molar-refractivity contribution in [1.29, 1.82) is 0 Å². The van der Waals surface area contributed by atoms with Crippen LogP contribution in [0.15, 0.2) is 40.0 Å². The zero-order valence-electron chi connectivity index (χ0n) is 30.0. The van der Waals surface area contributed by atoms with Gasteiger partial charge in [-0.1, -0.05) is 79.2 Å². The monoisotopic (exact) mass is 656 g/mol. The van der Waals surface area contributed by atoms with Gasteiger partial charge in [0.05, 0.1) is 30.5 Å². The number of azo groups is 1. The Labute approximate surface area is 282 Å². The molecule has 0 atom stereocenters. The highest BCUT2D eigenvalue weighted by Gasteiger charge is 2.37. The van der Waals surface area contributed by atoms with Gasteiger partial charge in [0.1, 0.15) is 0 Å². The lowest BCUT2D eigenvalue weighted by molar-refractivity contribution is -0.118. The van der Waals surface area contributed by atoms with Gasteiger partial charge in [-0.05, 0) is 57.3 Å². The van der Waals surface area contributed by atoms with Crippen LogP contribution in [-0.4, -0.2) is 86.6 Å². The predicted octanol–water partition coefficient (Wildman–Crippen LogP) is 6.96. The van der Waals surface area contributed by atoms with E-state index in [0.29, 0.717) is 25.1 Å². The Hall–Kier alpha value is -3.31. The third kappa shape index (κ3) is 11.7. The summed E-state index contributed by atoms with van der Waals surface area (Å²) in [6.45, 7) is 13.4. The van der Waals surface area contributed by atoms with Crippen molar-refractivity contribution in [3.8, 4) is 0 Å². The van der Waals surface area contributed by atoms with Crippen molar-refractivity contribution in [3.63, 3.8) is 0 Å². The number of amides is 3. The summed E-state index contributed by atoms with van der Waals surface area (Å²) in [5.41, 5.74) is 0.817. The van der Waals surface area contributed by atoms with E-state index in [4.69, 9.17) is 9.47 Å². The summed E-state index contributed by atoms with van der Waals surface area (Å²) in [6, 6.07) is 5.24. The number of nitrogens with one attached hydrogen (secondary N) is 2. The van der Waals surface area contributed by atoms with Crippen molar-refractivity contribution in [2.75, 3.05) is 47.0 Å². The van der Waals surface area contributed by atoms with E-state index in [1.54, 1.807) is 25.3 Å². The number of hydrogen-bond acceptors (Lipinski definition) is 9. The summed E-state index contributed by atoms with van der Waals surface area (Å²) in [5.74, 6) is -0.811. The van der Waals surface area contributed by atoms with Crippen LogP contribution in [0.3, 0.4) is 0 Å². The van der Waals surface area contributed by atoms with E-state index in [1.807, 2.05) is 27.7 Å². The van der Waals surface area contributed by atoms with Gasteiger partial charge in [-0.2, -0.15) is 0 Å². The molecule has 1 heterocycles.